The first-order chi connectivity index (χ1) is 11.5. The second kappa shape index (κ2) is 6.94. The summed E-state index contributed by atoms with van der Waals surface area (Å²) < 4.78 is 15.6. The van der Waals surface area contributed by atoms with E-state index in [2.05, 4.69) is 0 Å². The molecule has 0 heterocycles. The zero-order valence-corrected chi connectivity index (χ0v) is 20.1. The summed E-state index contributed by atoms with van der Waals surface area (Å²) in [5, 5.41) is 0. The quantitative estimate of drug-likeness (QED) is 0.232. The van der Waals surface area contributed by atoms with E-state index in [1.54, 1.807) is 0 Å². The van der Waals surface area contributed by atoms with Crippen molar-refractivity contribution in [1.82, 2.24) is 0 Å². The van der Waals surface area contributed by atoms with Crippen LogP contribution in [-0.2, 0) is 51.9 Å². The van der Waals surface area contributed by atoms with Gasteiger partial charge in [-0.25, -0.2) is 0 Å². The fraction of sp³-hybridized carbons (Fsp3) is 0.688. The van der Waals surface area contributed by atoms with Gasteiger partial charge >= 0.3 is 156 Å². The van der Waals surface area contributed by atoms with Crippen LogP contribution in [0.3, 0.4) is 0 Å². The third kappa shape index (κ3) is 2.60. The molecule has 0 N–H and O–H groups in total. The van der Waals surface area contributed by atoms with E-state index >= 15 is 0 Å². The molecule has 0 saturated heterocycles. The fourth-order valence-electron chi connectivity index (χ4n) is 5.02. The zero-order valence-electron chi connectivity index (χ0n) is 13.8. The number of esters is 3. The van der Waals surface area contributed by atoms with Crippen molar-refractivity contribution in [2.24, 2.45) is 35.5 Å². The Labute approximate surface area is 156 Å². The Kier molecular flexibility index (Phi) is 5.26. The molecule has 4 aliphatic carbocycles. The third-order valence-corrected chi connectivity index (χ3v) is 14.3. The van der Waals surface area contributed by atoms with E-state index in [4.69, 9.17) is 22.5 Å². The molecule has 2 bridgehead atoms. The normalized spacial score (nSPS) is 41.5. The first-order valence-electron chi connectivity index (χ1n) is 8.03. The van der Waals surface area contributed by atoms with Crippen LogP contribution in [0.2, 0.25) is 3.43 Å². The Balaban J connectivity index is 1.97. The van der Waals surface area contributed by atoms with Crippen LogP contribution in [0.4, 0.5) is 0 Å². The summed E-state index contributed by atoms with van der Waals surface area (Å²) in [5.41, 5.74) is 0. The van der Waals surface area contributed by atoms with Gasteiger partial charge < -0.3 is 0 Å². The van der Waals surface area contributed by atoms with Gasteiger partial charge in [-0.3, -0.25) is 0 Å². The van der Waals surface area contributed by atoms with Crippen molar-refractivity contribution in [3.63, 3.8) is 0 Å². The van der Waals surface area contributed by atoms with Crippen molar-refractivity contribution in [2.45, 2.75) is 16.5 Å². The van der Waals surface area contributed by atoms with E-state index < -0.39 is 41.1 Å². The van der Waals surface area contributed by atoms with Crippen LogP contribution in [0.15, 0.2) is 12.2 Å². The Morgan fingerprint density at radius 3 is 1.88 bits per heavy atom. The van der Waals surface area contributed by atoms with E-state index in [0.717, 1.165) is 0 Å². The molecular weight excluding hydrogens is 524 g/mol. The summed E-state index contributed by atoms with van der Waals surface area (Å²) in [5.74, 6) is -2.31. The molecule has 0 aliphatic heterocycles. The second-order valence-electron chi connectivity index (χ2n) is 6.68. The molecule has 0 spiro atoms. The van der Waals surface area contributed by atoms with Gasteiger partial charge in [0.15, 0.2) is 0 Å². The van der Waals surface area contributed by atoms with E-state index in [0.29, 0.717) is 0 Å². The number of halogens is 1. The van der Waals surface area contributed by atoms with Gasteiger partial charge in [-0.05, 0) is 0 Å². The van der Waals surface area contributed by atoms with Crippen molar-refractivity contribution in [3.8, 4) is 0 Å². The molecule has 0 unspecified atom stereocenters. The van der Waals surface area contributed by atoms with Gasteiger partial charge in [0.05, 0.1) is 0 Å². The average Bonchev–Trinajstić information content (AvgIpc) is 2.57. The summed E-state index contributed by atoms with van der Waals surface area (Å²) in [6, 6.07) is 0. The summed E-state index contributed by atoms with van der Waals surface area (Å²) >= 11 is -1.73. The van der Waals surface area contributed by atoms with Crippen LogP contribution in [-0.4, -0.2) is 38.2 Å². The van der Waals surface area contributed by atoms with Crippen molar-refractivity contribution in [1.29, 1.82) is 0 Å². The number of ether oxygens (including phenoxy) is 3. The van der Waals surface area contributed by atoms with Gasteiger partial charge in [0.1, 0.15) is 0 Å². The van der Waals surface area contributed by atoms with Gasteiger partial charge in [0.25, 0.3) is 0 Å². The maximum atomic E-state index is 12.4. The molecule has 0 amide bonds. The van der Waals surface area contributed by atoms with Crippen molar-refractivity contribution in [2.75, 3.05) is 14.2 Å². The average molecular weight is 543 g/mol. The number of methoxy groups -OCH3 is 2. The molecule has 4 rings (SSSR count). The standard InChI is InChI=1S/C16H19O6.ClH.Hg/c1-7(17)22-11-6-10-8-4-5-9(12(10)11)14(16(19)21-3)13(8)15(18)20-2;;/h4-6,8-14H,1-3H3;1H;/q;;+1/p-1/t8-,9+,10+,11-,12-,13-,14+;;/m0../s1. The number of carbonyl (C=O) groups is 3. The Bertz CT molecular complexity index is 593. The number of rotatable bonds is 4. The molecule has 0 aromatic carbocycles. The van der Waals surface area contributed by atoms with Gasteiger partial charge in [-0.1, -0.05) is 0 Å². The van der Waals surface area contributed by atoms with Crippen molar-refractivity contribution < 1.29 is 51.9 Å². The third-order valence-electron chi connectivity index (χ3n) is 5.83. The van der Waals surface area contributed by atoms with Crippen LogP contribution in [0.5, 0.6) is 0 Å². The van der Waals surface area contributed by atoms with Gasteiger partial charge in [0.2, 0.25) is 0 Å². The summed E-state index contributed by atoms with van der Waals surface area (Å²) in [4.78, 5) is 36.2. The Hall–Kier alpha value is -0.625. The molecule has 24 heavy (non-hydrogen) atoms. The number of carbonyl (C=O) groups excluding carboxylic acids is 3. The number of allylic oxidation sites excluding steroid dienone is 2. The fourth-order valence-corrected chi connectivity index (χ4v) is 13.9. The summed E-state index contributed by atoms with van der Waals surface area (Å²) in [6.07, 6.45) is 3.77. The molecule has 2 saturated carbocycles. The first-order valence-corrected chi connectivity index (χ1v) is 18.0. The molecule has 0 radical (unpaired) electrons. The van der Waals surface area contributed by atoms with Gasteiger partial charge in [0, 0.05) is 0 Å². The van der Waals surface area contributed by atoms with E-state index in [9.17, 15) is 14.4 Å². The zero-order chi connectivity index (χ0) is 17.6. The molecule has 0 aromatic heterocycles. The first kappa shape index (κ1) is 18.2. The molecular formula is C16H19ClHgO6. The van der Waals surface area contributed by atoms with Crippen LogP contribution in [0.25, 0.3) is 0 Å². The van der Waals surface area contributed by atoms with Crippen LogP contribution in [0, 0.1) is 35.5 Å². The minimum atomic E-state index is -1.73. The number of hydrogen-bond donors (Lipinski definition) is 0. The maximum absolute atomic E-state index is 12.4. The second-order valence-corrected chi connectivity index (χ2v) is 14.3. The van der Waals surface area contributed by atoms with Crippen LogP contribution >= 0.6 is 8.25 Å². The Morgan fingerprint density at radius 2 is 1.46 bits per heavy atom. The van der Waals surface area contributed by atoms with Crippen molar-refractivity contribution in [3.05, 3.63) is 12.2 Å². The minimum absolute atomic E-state index is 0.0395. The van der Waals surface area contributed by atoms with Crippen LogP contribution < -0.4 is 0 Å². The Morgan fingerprint density at radius 1 is 0.958 bits per heavy atom. The van der Waals surface area contributed by atoms with Crippen LogP contribution in [0.1, 0.15) is 6.92 Å². The molecule has 4 aliphatic rings. The molecule has 6 nitrogen and oxygen atoms in total. The molecule has 128 valence electrons. The predicted molar refractivity (Wildman–Crippen MR) is 79.3 cm³/mol. The van der Waals surface area contributed by atoms with E-state index in [-0.39, 0.29) is 45.1 Å². The van der Waals surface area contributed by atoms with Crippen molar-refractivity contribution >= 4 is 26.2 Å². The predicted octanol–water partition coefficient (Wildman–Crippen LogP) is 1.58. The summed E-state index contributed by atoms with van der Waals surface area (Å²) in [7, 11) is 8.98. The monoisotopic (exact) mass is 544 g/mol. The number of hydrogen-bond acceptors (Lipinski definition) is 6. The SMILES string of the molecule is COC(=O)[C@@H]1[C@@H]2C=C[C@H]([C@@H]1C(=O)OC)[C@H]1[C@H]([Hg][Cl])[C@H](OC(C)=O)[C@@H]21. The van der Waals surface area contributed by atoms with Gasteiger partial charge in [-0.15, -0.1) is 0 Å². The van der Waals surface area contributed by atoms with E-state index in [1.165, 1.54) is 21.1 Å². The molecule has 2 fully saturated rings. The van der Waals surface area contributed by atoms with E-state index in [1.807, 2.05) is 12.2 Å². The topological polar surface area (TPSA) is 78.9 Å². The molecule has 8 heteroatoms. The van der Waals surface area contributed by atoms with Gasteiger partial charge in [-0.2, -0.15) is 0 Å². The molecule has 0 aromatic rings. The molecule has 8 atom stereocenters. The number of fused-ring (bicyclic) bond motifs is 1. The summed E-state index contributed by atoms with van der Waals surface area (Å²) in [6.45, 7) is 1.39.